The molecule has 28 heavy (non-hydrogen) atoms. The Bertz CT molecular complexity index is 786. The van der Waals surface area contributed by atoms with E-state index in [9.17, 15) is 13.6 Å². The van der Waals surface area contributed by atoms with E-state index < -0.39 is 5.66 Å². The maximum atomic E-state index is 13.3. The van der Waals surface area contributed by atoms with Crippen LogP contribution < -0.4 is 10.6 Å². The molecule has 1 unspecified atom stereocenters. The minimum Gasteiger partial charge on any atom is -0.343 e. The van der Waals surface area contributed by atoms with Crippen molar-refractivity contribution in [3.8, 4) is 0 Å². The van der Waals surface area contributed by atoms with E-state index in [4.69, 9.17) is 0 Å². The van der Waals surface area contributed by atoms with E-state index in [1.54, 1.807) is 12.1 Å². The Kier molecular flexibility index (Phi) is 8.75. The number of hydrogen-bond acceptors (Lipinski definition) is 1. The molecule has 6 heteroatoms. The van der Waals surface area contributed by atoms with Crippen molar-refractivity contribution in [3.05, 3.63) is 71.3 Å². The lowest BCUT2D eigenvalue weighted by molar-refractivity contribution is -0.671. The summed E-state index contributed by atoms with van der Waals surface area (Å²) in [5, 5.41) is 5.07. The number of hydrogen-bond donors (Lipinski definition) is 2. The lowest BCUT2D eigenvalue weighted by Crippen LogP contribution is -2.82. The second kappa shape index (κ2) is 11.0. The summed E-state index contributed by atoms with van der Waals surface area (Å²) in [6, 6.07) is 13.7. The SMILES string of the molecule is CCCCC[NH2+]Cc1ccc(NC(=O)/C=C/c2cccc(C(F)(F)P)c2)cc1. The van der Waals surface area contributed by atoms with Crippen LogP contribution in [0.5, 0.6) is 0 Å². The highest BCUT2D eigenvalue weighted by molar-refractivity contribution is 7.17. The molecule has 0 aliphatic rings. The van der Waals surface area contributed by atoms with Gasteiger partial charge in [-0.1, -0.05) is 52.9 Å². The fourth-order valence-electron chi connectivity index (χ4n) is 2.74. The van der Waals surface area contributed by atoms with Crippen molar-refractivity contribution in [2.45, 2.75) is 38.4 Å². The Morgan fingerprint density at radius 1 is 1.18 bits per heavy atom. The largest absolute Gasteiger partial charge is 0.343 e. The van der Waals surface area contributed by atoms with Gasteiger partial charge in [-0.05, 0) is 42.7 Å². The normalized spacial score (nSPS) is 11.7. The third kappa shape index (κ3) is 7.87. The predicted molar refractivity (Wildman–Crippen MR) is 114 cm³/mol. The first-order valence-electron chi connectivity index (χ1n) is 9.55. The van der Waals surface area contributed by atoms with Gasteiger partial charge in [0.15, 0.2) is 0 Å². The summed E-state index contributed by atoms with van der Waals surface area (Å²) < 4.78 is 26.7. The average molecular weight is 405 g/mol. The summed E-state index contributed by atoms with van der Waals surface area (Å²) in [6.45, 7) is 4.25. The number of anilines is 1. The van der Waals surface area contributed by atoms with Gasteiger partial charge in [0.1, 0.15) is 6.54 Å². The minimum absolute atomic E-state index is 0.109. The van der Waals surface area contributed by atoms with Gasteiger partial charge in [0.05, 0.1) is 6.54 Å². The summed E-state index contributed by atoms with van der Waals surface area (Å²) in [4.78, 5) is 12.1. The Hall–Kier alpha value is -2.10. The molecular weight excluding hydrogens is 377 g/mol. The van der Waals surface area contributed by atoms with Gasteiger partial charge in [-0.25, -0.2) is 0 Å². The highest BCUT2D eigenvalue weighted by Gasteiger charge is 2.23. The fraction of sp³-hybridized carbons (Fsp3) is 0.318. The van der Waals surface area contributed by atoms with Gasteiger partial charge in [-0.15, -0.1) is 0 Å². The van der Waals surface area contributed by atoms with Crippen LogP contribution in [0, 0.1) is 0 Å². The minimum atomic E-state index is -2.98. The number of quaternary nitrogens is 1. The van der Waals surface area contributed by atoms with Gasteiger partial charge < -0.3 is 10.6 Å². The number of amides is 1. The maximum absolute atomic E-state index is 13.3. The van der Waals surface area contributed by atoms with Crippen molar-refractivity contribution in [2.24, 2.45) is 0 Å². The highest BCUT2D eigenvalue weighted by Crippen LogP contribution is 2.35. The van der Waals surface area contributed by atoms with Crippen molar-refractivity contribution < 1.29 is 18.9 Å². The summed E-state index contributed by atoms with van der Waals surface area (Å²) in [6.07, 6.45) is 6.59. The molecule has 3 N–H and O–H groups in total. The first-order chi connectivity index (χ1) is 13.4. The van der Waals surface area contributed by atoms with Crippen LogP contribution in [0.3, 0.4) is 0 Å². The second-order valence-electron chi connectivity index (χ2n) is 6.76. The van der Waals surface area contributed by atoms with Gasteiger partial charge in [0.25, 0.3) is 5.66 Å². The van der Waals surface area contributed by atoms with Crippen molar-refractivity contribution in [1.82, 2.24) is 0 Å². The Balaban J connectivity index is 1.85. The molecule has 0 saturated heterocycles. The first-order valence-corrected chi connectivity index (χ1v) is 10.1. The quantitative estimate of drug-likeness (QED) is 0.341. The lowest BCUT2D eigenvalue weighted by Gasteiger charge is -2.10. The van der Waals surface area contributed by atoms with E-state index in [1.807, 2.05) is 24.3 Å². The number of nitrogens with one attached hydrogen (secondary N) is 1. The number of alkyl halides is 2. The number of unbranched alkanes of at least 4 members (excludes halogenated alkanes) is 2. The van der Waals surface area contributed by atoms with Crippen LogP contribution in [0.15, 0.2) is 54.6 Å². The van der Waals surface area contributed by atoms with E-state index in [2.05, 4.69) is 17.6 Å². The molecule has 2 aromatic rings. The van der Waals surface area contributed by atoms with Gasteiger partial charge >= 0.3 is 0 Å². The molecule has 0 aliphatic carbocycles. The van der Waals surface area contributed by atoms with Crippen LogP contribution in [0.2, 0.25) is 0 Å². The predicted octanol–water partition coefficient (Wildman–Crippen LogP) is 4.52. The van der Waals surface area contributed by atoms with Crippen LogP contribution >= 0.6 is 9.24 Å². The summed E-state index contributed by atoms with van der Waals surface area (Å²) in [7, 11) is 1.52. The fourth-order valence-corrected chi connectivity index (χ4v) is 2.92. The monoisotopic (exact) mass is 405 g/mol. The van der Waals surface area contributed by atoms with Gasteiger partial charge in [-0.2, -0.15) is 8.78 Å². The Morgan fingerprint density at radius 2 is 1.93 bits per heavy atom. The molecule has 0 saturated carbocycles. The second-order valence-corrected chi connectivity index (χ2v) is 7.48. The molecule has 0 heterocycles. The van der Waals surface area contributed by atoms with Crippen LogP contribution in [0.25, 0.3) is 6.08 Å². The smallest absolute Gasteiger partial charge is 0.283 e. The Morgan fingerprint density at radius 3 is 2.61 bits per heavy atom. The lowest BCUT2D eigenvalue weighted by atomic mass is 10.1. The third-order valence-electron chi connectivity index (χ3n) is 4.31. The molecule has 2 rings (SSSR count). The molecule has 1 amide bonds. The number of benzene rings is 2. The van der Waals surface area contributed by atoms with Crippen LogP contribution in [-0.2, 0) is 17.0 Å². The molecule has 3 nitrogen and oxygen atoms in total. The zero-order valence-electron chi connectivity index (χ0n) is 16.1. The molecule has 1 atom stereocenters. The number of nitrogens with two attached hydrogens (primary N) is 1. The zero-order chi connectivity index (χ0) is 20.4. The summed E-state index contributed by atoms with van der Waals surface area (Å²) in [5.74, 6) is -0.304. The number of halogens is 2. The molecule has 0 bridgehead atoms. The van der Waals surface area contributed by atoms with E-state index in [1.165, 1.54) is 58.4 Å². The molecule has 0 fully saturated rings. The van der Waals surface area contributed by atoms with Gasteiger partial charge in [-0.3, -0.25) is 4.79 Å². The molecular formula is C22H28F2N2OP+. The van der Waals surface area contributed by atoms with Crippen LogP contribution in [-0.4, -0.2) is 12.5 Å². The average Bonchev–Trinajstić information content (AvgIpc) is 2.67. The van der Waals surface area contributed by atoms with E-state index in [-0.39, 0.29) is 11.5 Å². The molecule has 0 spiro atoms. The maximum Gasteiger partial charge on any atom is 0.283 e. The van der Waals surface area contributed by atoms with Crippen molar-refractivity contribution >= 4 is 26.9 Å². The number of rotatable bonds is 10. The van der Waals surface area contributed by atoms with Crippen LogP contribution in [0.4, 0.5) is 14.5 Å². The molecule has 0 radical (unpaired) electrons. The van der Waals surface area contributed by atoms with Crippen molar-refractivity contribution in [2.75, 3.05) is 11.9 Å². The van der Waals surface area contributed by atoms with E-state index in [0.717, 1.165) is 13.1 Å². The van der Waals surface area contributed by atoms with Gasteiger partial charge in [0, 0.05) is 22.9 Å². The first kappa shape index (κ1) is 22.2. The molecule has 150 valence electrons. The summed E-state index contributed by atoms with van der Waals surface area (Å²) in [5.41, 5.74) is -0.637. The topological polar surface area (TPSA) is 45.7 Å². The van der Waals surface area contributed by atoms with Crippen molar-refractivity contribution in [1.29, 1.82) is 0 Å². The zero-order valence-corrected chi connectivity index (χ0v) is 17.3. The summed E-state index contributed by atoms with van der Waals surface area (Å²) >= 11 is 0. The van der Waals surface area contributed by atoms with Crippen molar-refractivity contribution in [3.63, 3.8) is 0 Å². The molecule has 0 aliphatic heterocycles. The van der Waals surface area contributed by atoms with Crippen LogP contribution in [0.1, 0.15) is 42.9 Å². The van der Waals surface area contributed by atoms with E-state index in [0.29, 0.717) is 11.3 Å². The number of carbonyl (C=O) groups excluding carboxylic acids is 1. The third-order valence-corrected chi connectivity index (χ3v) is 4.65. The number of carbonyl (C=O) groups is 1. The molecule has 0 aromatic heterocycles. The van der Waals surface area contributed by atoms with E-state index >= 15 is 0 Å². The highest BCUT2D eigenvalue weighted by atomic mass is 31.0. The Labute approximate surface area is 167 Å². The van der Waals surface area contributed by atoms with Gasteiger partial charge in [0.2, 0.25) is 5.91 Å². The molecule has 2 aromatic carbocycles. The standard InChI is InChI=1S/C22H27F2N2OP/c1-2-3-4-14-25-16-18-8-11-20(12-9-18)26-21(27)13-10-17-6-5-7-19(15-17)22(23,24)28/h5-13,15,25H,2-4,14,16,28H2,1H3,(H,26,27)/p+1/b13-10+.